The molecule has 0 aromatic carbocycles. The zero-order chi connectivity index (χ0) is 0. The summed E-state index contributed by atoms with van der Waals surface area (Å²) in [5, 5.41) is 0. The molecule has 0 heterocycles. The van der Waals surface area contributed by atoms with E-state index in [2.05, 4.69) is 0 Å². The standard InChI is InChI=1S/BrH.5FH.H2S/h6*1H;1H2. The van der Waals surface area contributed by atoms with Crippen molar-refractivity contribution in [3.05, 3.63) is 0 Å². The predicted octanol–water partition coefficient (Wildman–Crippen LogP) is 1.45. The Bertz CT molecular complexity index is 8.04. The summed E-state index contributed by atoms with van der Waals surface area (Å²) >= 11 is 0. The van der Waals surface area contributed by atoms with E-state index in [0.717, 1.165) is 0 Å². The van der Waals surface area contributed by atoms with Crippen LogP contribution in [0.15, 0.2) is 0 Å². The summed E-state index contributed by atoms with van der Waals surface area (Å²) in [6, 6.07) is 0. The average molecular weight is 215 g/mol. The van der Waals surface area contributed by atoms with Gasteiger partial charge < -0.3 is 0 Å². The van der Waals surface area contributed by atoms with E-state index in [9.17, 15) is 0 Å². The number of hydrogen-bond acceptors (Lipinski definition) is 0. The van der Waals surface area contributed by atoms with Gasteiger partial charge in [0.1, 0.15) is 0 Å². The highest BCUT2D eigenvalue weighted by Crippen LogP contribution is 0.846. The van der Waals surface area contributed by atoms with Gasteiger partial charge in [-0.25, -0.2) is 0 Å². The second-order valence-corrected chi connectivity index (χ2v) is 0. The van der Waals surface area contributed by atoms with Crippen molar-refractivity contribution < 1.29 is 23.5 Å². The number of rotatable bonds is 0. The van der Waals surface area contributed by atoms with E-state index in [4.69, 9.17) is 0 Å². The van der Waals surface area contributed by atoms with Gasteiger partial charge in [-0.05, 0) is 0 Å². The van der Waals surface area contributed by atoms with Crippen molar-refractivity contribution in [2.45, 2.75) is 0 Å². The van der Waals surface area contributed by atoms with Gasteiger partial charge in [0.05, 0.1) is 0 Å². The van der Waals surface area contributed by atoms with E-state index in [0.29, 0.717) is 0 Å². The van der Waals surface area contributed by atoms with Crippen molar-refractivity contribution in [1.29, 1.82) is 0 Å². The van der Waals surface area contributed by atoms with Crippen LogP contribution in [-0.4, -0.2) is 0 Å². The van der Waals surface area contributed by atoms with Crippen LogP contribution in [0.3, 0.4) is 0 Å². The highest BCUT2D eigenvalue weighted by molar-refractivity contribution is 8.93. The maximum atomic E-state index is 0. The third-order valence-electron chi connectivity index (χ3n) is 0. The van der Waals surface area contributed by atoms with Crippen molar-refractivity contribution in [2.75, 3.05) is 0 Å². The lowest BCUT2D eigenvalue weighted by molar-refractivity contribution is 1.11. The molecule has 0 bridgehead atoms. The molecule has 0 aromatic heterocycles. The number of halogens is 6. The van der Waals surface area contributed by atoms with E-state index < -0.39 is 0 Å². The molecule has 0 fully saturated rings. The van der Waals surface area contributed by atoms with Crippen LogP contribution in [0.2, 0.25) is 0 Å². The first-order valence-electron chi connectivity index (χ1n) is 0. The Morgan fingerprint density at radius 3 is 0.429 bits per heavy atom. The second kappa shape index (κ2) is 845. The third-order valence-corrected chi connectivity index (χ3v) is 0. The molecule has 0 aromatic rings. The normalized spacial score (nSPS) is 0. The van der Waals surface area contributed by atoms with Crippen molar-refractivity contribution in [1.82, 2.24) is 0 Å². The molecular weight excluding hydrogens is 207 g/mol. The van der Waals surface area contributed by atoms with Gasteiger partial charge in [0, 0.05) is 0 Å². The first-order chi connectivity index (χ1) is 0. The van der Waals surface area contributed by atoms with Gasteiger partial charge >= 0.3 is 0 Å². The SMILES string of the molecule is Br.F.F.F.F.F.S. The van der Waals surface area contributed by atoms with Crippen molar-refractivity contribution in [2.24, 2.45) is 0 Å². The van der Waals surface area contributed by atoms with Gasteiger partial charge in [-0.15, -0.1) is 17.0 Å². The Labute approximate surface area is 54.7 Å². The van der Waals surface area contributed by atoms with Gasteiger partial charge in [-0.1, -0.05) is 0 Å². The summed E-state index contributed by atoms with van der Waals surface area (Å²) in [4.78, 5) is 0. The fourth-order valence-corrected chi connectivity index (χ4v) is 0. The van der Waals surface area contributed by atoms with Crippen LogP contribution >= 0.6 is 30.5 Å². The maximum absolute atomic E-state index is 0. The van der Waals surface area contributed by atoms with Gasteiger partial charge in [0.25, 0.3) is 0 Å². The third kappa shape index (κ3) is 564. The summed E-state index contributed by atoms with van der Waals surface area (Å²) in [6.45, 7) is 0. The summed E-state index contributed by atoms with van der Waals surface area (Å²) in [5.74, 6) is 0. The smallest absolute Gasteiger partial charge is 0.114 e. The van der Waals surface area contributed by atoms with Gasteiger partial charge in [-0.2, -0.15) is 13.5 Å². The number of hydrogen-bond donors (Lipinski definition) is 0. The minimum absolute atomic E-state index is 0. The van der Waals surface area contributed by atoms with Crippen LogP contribution in [0.5, 0.6) is 0 Å². The minimum atomic E-state index is 0. The van der Waals surface area contributed by atoms with E-state index in [1.807, 2.05) is 0 Å². The summed E-state index contributed by atoms with van der Waals surface area (Å²) in [7, 11) is 0. The van der Waals surface area contributed by atoms with Crippen LogP contribution < -0.4 is 0 Å². The lowest BCUT2D eigenvalue weighted by Gasteiger charge is -0.270. The molecule has 0 aliphatic heterocycles. The zero-order valence-corrected chi connectivity index (χ0v) is 5.66. The maximum Gasteiger partial charge on any atom is -0.114 e. The van der Waals surface area contributed by atoms with E-state index in [1.165, 1.54) is 0 Å². The highest BCUT2D eigenvalue weighted by atomic mass is 79.9. The predicted molar refractivity (Wildman–Crippen MR) is 33.2 cm³/mol. The topological polar surface area (TPSA) is 0 Å². The molecule has 0 N–H and O–H groups in total. The largest absolute Gasteiger partial charge is 0.269 e. The molecule has 0 rings (SSSR count). The monoisotopic (exact) mass is 214 g/mol. The van der Waals surface area contributed by atoms with Gasteiger partial charge in [0.15, 0.2) is 0 Å². The quantitative estimate of drug-likeness (QED) is 0.536. The van der Waals surface area contributed by atoms with Crippen LogP contribution in [0.25, 0.3) is 0 Å². The van der Waals surface area contributed by atoms with E-state index in [-0.39, 0.29) is 54.0 Å². The molecule has 0 unspecified atom stereocenters. The zero-order valence-electron chi connectivity index (χ0n) is 2.95. The lowest BCUT2D eigenvalue weighted by atomic mass is 19.0. The van der Waals surface area contributed by atoms with Gasteiger partial charge in [0.2, 0.25) is 0 Å². The molecule has 0 spiro atoms. The van der Waals surface area contributed by atoms with Crippen molar-refractivity contribution in [3.8, 4) is 0 Å². The molecule has 0 aliphatic rings. The Kier molecular flexibility index (Phi) is 164000. The molecule has 0 saturated carbocycles. The Morgan fingerprint density at radius 2 is 0.429 bits per heavy atom. The molecule has 0 atom stereocenters. The minimum Gasteiger partial charge on any atom is -0.269 e. The first kappa shape index (κ1) is 1360. The second-order valence-electron chi connectivity index (χ2n) is 0. The lowest BCUT2D eigenvalue weighted by Crippen LogP contribution is 0.419. The molecular formula is H8BrF5S. The molecule has 7 heavy (non-hydrogen) atoms. The fraction of sp³-hybridized carbons (Fsp3) is 0. The summed E-state index contributed by atoms with van der Waals surface area (Å²) in [6.07, 6.45) is 0. The molecule has 0 nitrogen and oxygen atoms in total. The highest BCUT2D eigenvalue weighted by Gasteiger charge is -0.114. The summed E-state index contributed by atoms with van der Waals surface area (Å²) in [5.41, 5.74) is 0. The van der Waals surface area contributed by atoms with E-state index >= 15 is 0 Å². The van der Waals surface area contributed by atoms with Crippen LogP contribution in [0.1, 0.15) is 0 Å². The van der Waals surface area contributed by atoms with Gasteiger partial charge in [-0.3, -0.25) is 23.5 Å². The average Bonchev–Trinajstić information content (AvgIpc) is 0. The molecule has 0 saturated heterocycles. The van der Waals surface area contributed by atoms with Crippen molar-refractivity contribution >= 4 is 30.5 Å². The van der Waals surface area contributed by atoms with Crippen LogP contribution in [0, 0.1) is 0 Å². The van der Waals surface area contributed by atoms with Crippen LogP contribution in [0.4, 0.5) is 23.5 Å². The molecule has 0 aliphatic carbocycles. The van der Waals surface area contributed by atoms with Crippen molar-refractivity contribution in [3.63, 3.8) is 0 Å². The molecule has 0 radical (unpaired) electrons. The summed E-state index contributed by atoms with van der Waals surface area (Å²) < 4.78 is 0. The Morgan fingerprint density at radius 1 is 0.429 bits per heavy atom. The molecule has 56 valence electrons. The molecule has 7 heteroatoms. The molecule has 0 amide bonds. The van der Waals surface area contributed by atoms with E-state index in [1.54, 1.807) is 0 Å². The Balaban J connectivity index is 0. The fourth-order valence-electron chi connectivity index (χ4n) is 0. The Hall–Kier alpha value is 0.480. The van der Waals surface area contributed by atoms with Crippen LogP contribution in [-0.2, 0) is 0 Å². The first-order valence-corrected chi connectivity index (χ1v) is 0.